The van der Waals surface area contributed by atoms with Gasteiger partial charge in [0.05, 0.1) is 23.6 Å². The van der Waals surface area contributed by atoms with E-state index in [0.29, 0.717) is 11.3 Å². The van der Waals surface area contributed by atoms with E-state index in [2.05, 4.69) is 5.32 Å². The number of nitriles is 1. The zero-order valence-corrected chi connectivity index (χ0v) is 14.6. The number of rotatable bonds is 6. The van der Waals surface area contributed by atoms with Gasteiger partial charge in [0.1, 0.15) is 0 Å². The lowest BCUT2D eigenvalue weighted by atomic mass is 10.2. The first-order chi connectivity index (χ1) is 12.2. The molecule has 136 valence electrons. The summed E-state index contributed by atoms with van der Waals surface area (Å²) in [6.45, 7) is -0.244. The summed E-state index contributed by atoms with van der Waals surface area (Å²) >= 11 is 0. The number of carbonyl (C=O) groups is 1. The van der Waals surface area contributed by atoms with Gasteiger partial charge in [-0.05, 0) is 36.4 Å². The molecule has 26 heavy (non-hydrogen) atoms. The maximum atomic E-state index is 13.4. The van der Waals surface area contributed by atoms with Gasteiger partial charge in [0.2, 0.25) is 15.9 Å². The Kier molecular flexibility index (Phi) is 5.90. The van der Waals surface area contributed by atoms with Crippen molar-refractivity contribution in [3.63, 3.8) is 0 Å². The highest BCUT2D eigenvalue weighted by atomic mass is 32.2. The number of nitrogens with one attached hydrogen (secondary N) is 1. The van der Waals surface area contributed by atoms with Crippen molar-refractivity contribution >= 4 is 27.3 Å². The quantitative estimate of drug-likeness (QED) is 0.835. The normalized spacial score (nSPS) is 10.8. The molecule has 0 fully saturated rings. The van der Waals surface area contributed by atoms with Crippen LogP contribution in [0, 0.1) is 23.0 Å². The van der Waals surface area contributed by atoms with Crippen molar-refractivity contribution in [2.45, 2.75) is 6.42 Å². The van der Waals surface area contributed by atoms with Crippen LogP contribution in [0.25, 0.3) is 0 Å². The van der Waals surface area contributed by atoms with Crippen LogP contribution in [0.2, 0.25) is 0 Å². The standard InChI is InChI=1S/C17H15F2N3O3S/c1-26(24,25)22(14-6-7-15(18)16(19)10-14)9-8-17(23)21-13-4-2-12(11-20)3-5-13/h2-7,10H,8-9H2,1H3,(H,21,23). The lowest BCUT2D eigenvalue weighted by molar-refractivity contribution is -0.116. The van der Waals surface area contributed by atoms with Gasteiger partial charge < -0.3 is 5.32 Å². The average molecular weight is 379 g/mol. The maximum absolute atomic E-state index is 13.4. The van der Waals surface area contributed by atoms with Crippen LogP contribution in [0.15, 0.2) is 42.5 Å². The second-order valence-corrected chi connectivity index (χ2v) is 7.33. The Hall–Kier alpha value is -2.99. The highest BCUT2D eigenvalue weighted by Crippen LogP contribution is 2.21. The Morgan fingerprint density at radius 3 is 2.35 bits per heavy atom. The summed E-state index contributed by atoms with van der Waals surface area (Å²) in [6.07, 6.45) is 0.707. The molecule has 6 nitrogen and oxygen atoms in total. The third kappa shape index (κ3) is 5.00. The molecular formula is C17H15F2N3O3S. The topological polar surface area (TPSA) is 90.3 Å². The molecule has 0 aliphatic carbocycles. The molecule has 2 rings (SSSR count). The first-order valence-electron chi connectivity index (χ1n) is 7.43. The number of carbonyl (C=O) groups excluding carboxylic acids is 1. The van der Waals surface area contributed by atoms with E-state index in [-0.39, 0.29) is 18.7 Å². The average Bonchev–Trinajstić information content (AvgIpc) is 2.57. The SMILES string of the molecule is CS(=O)(=O)N(CCC(=O)Nc1ccc(C#N)cc1)c1ccc(F)c(F)c1. The van der Waals surface area contributed by atoms with Crippen LogP contribution < -0.4 is 9.62 Å². The van der Waals surface area contributed by atoms with E-state index in [4.69, 9.17) is 5.26 Å². The van der Waals surface area contributed by atoms with Crippen LogP contribution >= 0.6 is 0 Å². The predicted molar refractivity (Wildman–Crippen MR) is 93.0 cm³/mol. The van der Waals surface area contributed by atoms with Crippen LogP contribution in [0.3, 0.4) is 0 Å². The molecule has 0 aromatic heterocycles. The van der Waals surface area contributed by atoms with Gasteiger partial charge in [0.25, 0.3) is 0 Å². The third-order valence-electron chi connectivity index (χ3n) is 3.43. The zero-order valence-electron chi connectivity index (χ0n) is 13.7. The summed E-state index contributed by atoms with van der Waals surface area (Å²) in [5.74, 6) is -2.75. The van der Waals surface area contributed by atoms with Gasteiger partial charge in [-0.15, -0.1) is 0 Å². The first-order valence-corrected chi connectivity index (χ1v) is 9.28. The van der Waals surface area contributed by atoms with E-state index in [1.807, 2.05) is 6.07 Å². The van der Waals surface area contributed by atoms with Crippen LogP contribution in [0.4, 0.5) is 20.2 Å². The molecular weight excluding hydrogens is 364 g/mol. The number of benzene rings is 2. The Morgan fingerprint density at radius 2 is 1.81 bits per heavy atom. The van der Waals surface area contributed by atoms with Gasteiger partial charge in [0.15, 0.2) is 11.6 Å². The van der Waals surface area contributed by atoms with E-state index in [0.717, 1.165) is 28.8 Å². The number of amides is 1. The lowest BCUT2D eigenvalue weighted by Gasteiger charge is -2.22. The van der Waals surface area contributed by atoms with E-state index in [9.17, 15) is 22.0 Å². The lowest BCUT2D eigenvalue weighted by Crippen LogP contribution is -2.33. The molecule has 0 heterocycles. The minimum atomic E-state index is -3.80. The molecule has 1 N–H and O–H groups in total. The van der Waals surface area contributed by atoms with Crippen LogP contribution in [0.1, 0.15) is 12.0 Å². The van der Waals surface area contributed by atoms with Gasteiger partial charge in [0, 0.05) is 24.7 Å². The molecule has 0 unspecified atom stereocenters. The Balaban J connectivity index is 2.08. The fraction of sp³-hybridized carbons (Fsp3) is 0.176. The predicted octanol–water partition coefficient (Wildman–Crippen LogP) is 2.63. The second kappa shape index (κ2) is 7.93. The number of hydrogen-bond acceptors (Lipinski definition) is 4. The third-order valence-corrected chi connectivity index (χ3v) is 4.63. The maximum Gasteiger partial charge on any atom is 0.232 e. The Labute approximate surface area is 149 Å². The monoisotopic (exact) mass is 379 g/mol. The van der Waals surface area contributed by atoms with Crippen LogP contribution in [-0.4, -0.2) is 27.1 Å². The molecule has 0 aliphatic heterocycles. The van der Waals surface area contributed by atoms with Crippen LogP contribution in [-0.2, 0) is 14.8 Å². The highest BCUT2D eigenvalue weighted by molar-refractivity contribution is 7.92. The molecule has 0 radical (unpaired) electrons. The molecule has 0 bridgehead atoms. The van der Waals surface area contributed by atoms with Crippen molar-refractivity contribution in [1.29, 1.82) is 5.26 Å². The van der Waals surface area contributed by atoms with Crippen molar-refractivity contribution in [1.82, 2.24) is 0 Å². The molecule has 0 aliphatic rings. The molecule has 0 saturated heterocycles. The highest BCUT2D eigenvalue weighted by Gasteiger charge is 2.20. The van der Waals surface area contributed by atoms with Crippen LogP contribution in [0.5, 0.6) is 0 Å². The first kappa shape index (κ1) is 19.3. The smallest absolute Gasteiger partial charge is 0.232 e. The van der Waals surface area contributed by atoms with Gasteiger partial charge >= 0.3 is 0 Å². The minimum Gasteiger partial charge on any atom is -0.326 e. The molecule has 2 aromatic carbocycles. The number of sulfonamides is 1. The van der Waals surface area contributed by atoms with Crippen molar-refractivity contribution in [3.05, 3.63) is 59.7 Å². The summed E-state index contributed by atoms with van der Waals surface area (Å²) in [5.41, 5.74) is 0.815. The van der Waals surface area contributed by atoms with Gasteiger partial charge in [-0.1, -0.05) is 0 Å². The number of halogens is 2. The number of hydrogen-bond donors (Lipinski definition) is 1. The van der Waals surface area contributed by atoms with E-state index < -0.39 is 27.6 Å². The van der Waals surface area contributed by atoms with Crippen molar-refractivity contribution in [2.75, 3.05) is 22.4 Å². The van der Waals surface area contributed by atoms with Crippen molar-refractivity contribution in [3.8, 4) is 6.07 Å². The largest absolute Gasteiger partial charge is 0.326 e. The molecule has 0 spiro atoms. The van der Waals surface area contributed by atoms with E-state index in [1.54, 1.807) is 12.1 Å². The van der Waals surface area contributed by atoms with E-state index in [1.165, 1.54) is 12.1 Å². The van der Waals surface area contributed by atoms with Crippen molar-refractivity contribution < 1.29 is 22.0 Å². The second-order valence-electron chi connectivity index (χ2n) is 5.42. The van der Waals surface area contributed by atoms with Gasteiger partial charge in [-0.3, -0.25) is 9.10 Å². The summed E-state index contributed by atoms with van der Waals surface area (Å²) in [4.78, 5) is 12.0. The number of anilines is 2. The Morgan fingerprint density at radius 1 is 1.15 bits per heavy atom. The summed E-state index contributed by atoms with van der Waals surface area (Å²) in [5, 5.41) is 11.3. The van der Waals surface area contributed by atoms with Gasteiger partial charge in [-0.2, -0.15) is 5.26 Å². The molecule has 2 aromatic rings. The zero-order chi connectivity index (χ0) is 19.3. The van der Waals surface area contributed by atoms with E-state index >= 15 is 0 Å². The molecule has 0 saturated carbocycles. The summed E-state index contributed by atoms with van der Waals surface area (Å²) in [7, 11) is -3.80. The summed E-state index contributed by atoms with van der Waals surface area (Å²) < 4.78 is 51.1. The number of nitrogens with zero attached hydrogens (tertiary/aromatic N) is 2. The molecule has 1 amide bonds. The molecule has 0 atom stereocenters. The minimum absolute atomic E-state index is 0.0717. The summed E-state index contributed by atoms with van der Waals surface area (Å²) in [6, 6.07) is 10.8. The fourth-order valence-electron chi connectivity index (χ4n) is 2.18. The molecule has 9 heteroatoms. The van der Waals surface area contributed by atoms with Crippen molar-refractivity contribution in [2.24, 2.45) is 0 Å². The fourth-order valence-corrected chi connectivity index (χ4v) is 3.10. The van der Waals surface area contributed by atoms with Gasteiger partial charge in [-0.25, -0.2) is 17.2 Å². The Bertz CT molecular complexity index is 954.